The zero-order valence-electron chi connectivity index (χ0n) is 10.0. The Morgan fingerprint density at radius 3 is 2.74 bits per heavy atom. The molecule has 3 aromatic rings. The van der Waals surface area contributed by atoms with E-state index in [4.69, 9.17) is 0 Å². The molecule has 0 bridgehead atoms. The highest BCUT2D eigenvalue weighted by atomic mass is 19.1. The molecule has 0 aliphatic heterocycles. The Labute approximate surface area is 109 Å². The van der Waals surface area contributed by atoms with E-state index in [2.05, 4.69) is 4.98 Å². The first-order valence-corrected chi connectivity index (χ1v) is 5.87. The monoisotopic (exact) mass is 251 g/mol. The molecule has 3 heteroatoms. The van der Waals surface area contributed by atoms with Crippen molar-refractivity contribution in [2.75, 3.05) is 0 Å². The second-order valence-corrected chi connectivity index (χ2v) is 4.26. The summed E-state index contributed by atoms with van der Waals surface area (Å²) >= 11 is 0. The molecule has 0 saturated carbocycles. The van der Waals surface area contributed by atoms with E-state index in [9.17, 15) is 9.18 Å². The smallest absolute Gasteiger partial charge is 0.150 e. The number of carbonyl (C=O) groups is 1. The highest BCUT2D eigenvalue weighted by Gasteiger charge is 2.09. The van der Waals surface area contributed by atoms with Gasteiger partial charge >= 0.3 is 0 Å². The highest BCUT2D eigenvalue weighted by Crippen LogP contribution is 2.30. The Hall–Kier alpha value is -2.55. The summed E-state index contributed by atoms with van der Waals surface area (Å²) in [5.41, 5.74) is 1.63. The van der Waals surface area contributed by atoms with Gasteiger partial charge in [-0.1, -0.05) is 30.3 Å². The molecular formula is C16H10FNO. The molecule has 2 aromatic carbocycles. The summed E-state index contributed by atoms with van der Waals surface area (Å²) in [6.45, 7) is 0. The number of hydrogen-bond donors (Lipinski definition) is 0. The first kappa shape index (κ1) is 11.5. The first-order chi connectivity index (χ1) is 9.29. The summed E-state index contributed by atoms with van der Waals surface area (Å²) in [5, 5.41) is 1.90. The predicted molar refractivity (Wildman–Crippen MR) is 72.5 cm³/mol. The van der Waals surface area contributed by atoms with Crippen LogP contribution < -0.4 is 0 Å². The molecule has 92 valence electrons. The lowest BCUT2D eigenvalue weighted by Crippen LogP contribution is -1.89. The molecule has 0 aliphatic rings. The summed E-state index contributed by atoms with van der Waals surface area (Å²) in [6.07, 6.45) is 4.07. The van der Waals surface area contributed by atoms with Crippen LogP contribution in [0.3, 0.4) is 0 Å². The summed E-state index contributed by atoms with van der Waals surface area (Å²) in [4.78, 5) is 14.7. The normalized spacial score (nSPS) is 10.6. The zero-order valence-corrected chi connectivity index (χ0v) is 10.0. The minimum Gasteiger partial charge on any atom is -0.298 e. The van der Waals surface area contributed by atoms with Crippen molar-refractivity contribution in [1.29, 1.82) is 0 Å². The molecule has 0 aliphatic carbocycles. The summed E-state index contributed by atoms with van der Waals surface area (Å²) in [5.74, 6) is -0.395. The quantitative estimate of drug-likeness (QED) is 0.647. The summed E-state index contributed by atoms with van der Waals surface area (Å²) in [7, 11) is 0. The van der Waals surface area contributed by atoms with Gasteiger partial charge in [0.05, 0.1) is 0 Å². The fourth-order valence-corrected chi connectivity index (χ4v) is 2.18. The molecule has 3 rings (SSSR count). The van der Waals surface area contributed by atoms with Gasteiger partial charge in [-0.3, -0.25) is 9.78 Å². The maximum Gasteiger partial charge on any atom is 0.150 e. The summed E-state index contributed by atoms with van der Waals surface area (Å²) in [6, 6.07) is 12.0. The Bertz CT molecular complexity index is 762. The third kappa shape index (κ3) is 1.99. The van der Waals surface area contributed by atoms with Crippen molar-refractivity contribution in [2.24, 2.45) is 0 Å². The van der Waals surface area contributed by atoms with Gasteiger partial charge < -0.3 is 0 Å². The Kier molecular flexibility index (Phi) is 2.80. The largest absolute Gasteiger partial charge is 0.298 e. The Morgan fingerprint density at radius 2 is 1.95 bits per heavy atom. The number of pyridine rings is 1. The highest BCUT2D eigenvalue weighted by molar-refractivity contribution is 5.96. The minimum absolute atomic E-state index is 0.336. The average molecular weight is 251 g/mol. The molecule has 0 spiro atoms. The van der Waals surface area contributed by atoms with Gasteiger partial charge in [0.25, 0.3) is 0 Å². The van der Waals surface area contributed by atoms with Gasteiger partial charge in [-0.05, 0) is 23.1 Å². The van der Waals surface area contributed by atoms with Crippen molar-refractivity contribution < 1.29 is 9.18 Å². The van der Waals surface area contributed by atoms with E-state index in [0.29, 0.717) is 17.4 Å². The van der Waals surface area contributed by atoms with Crippen molar-refractivity contribution in [2.45, 2.75) is 0 Å². The number of fused-ring (bicyclic) bond motifs is 1. The molecule has 0 fully saturated rings. The number of halogens is 1. The number of aromatic nitrogens is 1. The van der Waals surface area contributed by atoms with E-state index in [1.165, 1.54) is 6.07 Å². The standard InChI is InChI=1S/C16H10FNO/c17-16-8-11(10-19)4-5-15(16)14-3-1-2-12-9-18-7-6-13(12)14/h1-10H. The third-order valence-electron chi connectivity index (χ3n) is 3.10. The zero-order chi connectivity index (χ0) is 13.2. The van der Waals surface area contributed by atoms with Gasteiger partial charge in [0.1, 0.15) is 12.1 Å². The van der Waals surface area contributed by atoms with Crippen molar-refractivity contribution >= 4 is 17.1 Å². The topological polar surface area (TPSA) is 30.0 Å². The molecular weight excluding hydrogens is 241 g/mol. The Balaban J connectivity index is 2.27. The molecule has 0 atom stereocenters. The van der Waals surface area contributed by atoms with Gasteiger partial charge in [-0.2, -0.15) is 0 Å². The minimum atomic E-state index is -0.395. The van der Waals surface area contributed by atoms with Crippen LogP contribution in [0.4, 0.5) is 4.39 Å². The van der Waals surface area contributed by atoms with Gasteiger partial charge in [-0.25, -0.2) is 4.39 Å². The van der Waals surface area contributed by atoms with E-state index in [-0.39, 0.29) is 0 Å². The van der Waals surface area contributed by atoms with Gasteiger partial charge in [0.15, 0.2) is 0 Å². The van der Waals surface area contributed by atoms with Crippen LogP contribution in [0, 0.1) is 5.82 Å². The molecule has 0 N–H and O–H groups in total. The van der Waals surface area contributed by atoms with Gasteiger partial charge in [-0.15, -0.1) is 0 Å². The van der Waals surface area contributed by atoms with E-state index >= 15 is 0 Å². The molecule has 1 heterocycles. The lowest BCUT2D eigenvalue weighted by molar-refractivity contribution is 0.112. The molecule has 0 amide bonds. The number of benzene rings is 2. The van der Waals surface area contributed by atoms with Crippen molar-refractivity contribution in [3.8, 4) is 11.1 Å². The second-order valence-electron chi connectivity index (χ2n) is 4.26. The maximum atomic E-state index is 14.1. The molecule has 0 unspecified atom stereocenters. The van der Waals surface area contributed by atoms with Crippen LogP contribution in [0.1, 0.15) is 10.4 Å². The van der Waals surface area contributed by atoms with Crippen molar-refractivity contribution in [3.63, 3.8) is 0 Å². The van der Waals surface area contributed by atoms with Crippen molar-refractivity contribution in [3.05, 3.63) is 66.2 Å². The summed E-state index contributed by atoms with van der Waals surface area (Å²) < 4.78 is 14.1. The molecule has 0 saturated heterocycles. The van der Waals surface area contributed by atoms with Crippen molar-refractivity contribution in [1.82, 2.24) is 4.98 Å². The maximum absolute atomic E-state index is 14.1. The fourth-order valence-electron chi connectivity index (χ4n) is 2.18. The number of aldehydes is 1. The van der Waals surface area contributed by atoms with Crippen LogP contribution in [-0.2, 0) is 0 Å². The van der Waals surface area contributed by atoms with Crippen LogP contribution in [0.15, 0.2) is 54.9 Å². The SMILES string of the molecule is O=Cc1ccc(-c2cccc3cnccc23)c(F)c1. The number of nitrogens with zero attached hydrogens (tertiary/aromatic N) is 1. The molecule has 1 aromatic heterocycles. The van der Waals surface area contributed by atoms with Crippen LogP contribution >= 0.6 is 0 Å². The molecule has 19 heavy (non-hydrogen) atoms. The van der Waals surface area contributed by atoms with E-state index in [1.807, 2.05) is 24.3 Å². The number of hydrogen-bond acceptors (Lipinski definition) is 2. The van der Waals surface area contributed by atoms with Crippen LogP contribution in [0.5, 0.6) is 0 Å². The van der Waals surface area contributed by atoms with E-state index < -0.39 is 5.82 Å². The lowest BCUT2D eigenvalue weighted by Gasteiger charge is -2.08. The second kappa shape index (κ2) is 4.61. The van der Waals surface area contributed by atoms with Gasteiger partial charge in [0, 0.05) is 28.9 Å². The lowest BCUT2D eigenvalue weighted by atomic mass is 9.98. The fraction of sp³-hybridized carbons (Fsp3) is 0. The molecule has 2 nitrogen and oxygen atoms in total. The predicted octanol–water partition coefficient (Wildman–Crippen LogP) is 3.85. The average Bonchev–Trinajstić information content (AvgIpc) is 2.46. The van der Waals surface area contributed by atoms with E-state index in [1.54, 1.807) is 24.5 Å². The number of carbonyl (C=O) groups excluding carboxylic acids is 1. The Morgan fingerprint density at radius 1 is 1.05 bits per heavy atom. The van der Waals surface area contributed by atoms with Crippen LogP contribution in [0.2, 0.25) is 0 Å². The number of rotatable bonds is 2. The van der Waals surface area contributed by atoms with Crippen LogP contribution in [-0.4, -0.2) is 11.3 Å². The third-order valence-corrected chi connectivity index (χ3v) is 3.10. The first-order valence-electron chi connectivity index (χ1n) is 5.87. The van der Waals surface area contributed by atoms with Gasteiger partial charge in [0.2, 0.25) is 0 Å². The van der Waals surface area contributed by atoms with Crippen LogP contribution in [0.25, 0.3) is 21.9 Å². The van der Waals surface area contributed by atoms with E-state index in [0.717, 1.165) is 16.3 Å². The molecule has 0 radical (unpaired) electrons.